The molecule has 1 saturated heterocycles. The van der Waals surface area contributed by atoms with Crippen molar-refractivity contribution in [2.24, 2.45) is 23.2 Å². The highest BCUT2D eigenvalue weighted by molar-refractivity contribution is 5.76. The second kappa shape index (κ2) is 7.08. The van der Waals surface area contributed by atoms with Crippen LogP contribution >= 0.6 is 0 Å². The molecule has 6 rings (SSSR count). The van der Waals surface area contributed by atoms with Crippen LogP contribution in [0.2, 0.25) is 0 Å². The Hall–Kier alpha value is -1.62. The molecule has 1 amide bonds. The molecule has 146 valence electrons. The zero-order chi connectivity index (χ0) is 18.3. The Morgan fingerprint density at radius 1 is 1.11 bits per heavy atom. The van der Waals surface area contributed by atoms with E-state index < -0.39 is 0 Å². The molecule has 4 saturated carbocycles. The number of amides is 1. The van der Waals surface area contributed by atoms with Crippen molar-refractivity contribution < 1.29 is 14.7 Å². The van der Waals surface area contributed by atoms with E-state index in [0.29, 0.717) is 12.0 Å². The van der Waals surface area contributed by atoms with E-state index in [1.165, 1.54) is 49.2 Å². The summed E-state index contributed by atoms with van der Waals surface area (Å²) in [7, 11) is 0. The van der Waals surface area contributed by atoms with Gasteiger partial charge in [-0.15, -0.1) is 0 Å². The molecule has 27 heavy (non-hydrogen) atoms. The SMILES string of the molecule is O=C(C[NH+]1CCN(c2cccc[nH+]2)CC1)NCC12CC3CC(CC(C3)C1)C2. The molecule has 0 spiro atoms. The average molecular weight is 371 g/mol. The van der Waals surface area contributed by atoms with E-state index in [1.54, 1.807) is 0 Å². The summed E-state index contributed by atoms with van der Waals surface area (Å²) in [5, 5.41) is 3.35. The van der Waals surface area contributed by atoms with Crippen molar-refractivity contribution in [1.29, 1.82) is 0 Å². The number of nitrogens with one attached hydrogen (secondary N) is 3. The first-order valence-electron chi connectivity index (χ1n) is 11.0. The molecule has 0 aromatic carbocycles. The molecule has 2 heterocycles. The van der Waals surface area contributed by atoms with Gasteiger partial charge in [-0.2, -0.15) is 0 Å². The van der Waals surface area contributed by atoms with Crippen LogP contribution in [0.4, 0.5) is 5.82 Å². The number of pyridine rings is 1. The molecule has 5 fully saturated rings. The monoisotopic (exact) mass is 370 g/mol. The van der Waals surface area contributed by atoms with Crippen molar-refractivity contribution in [2.75, 3.05) is 44.2 Å². The quantitative estimate of drug-likeness (QED) is 0.795. The summed E-state index contributed by atoms with van der Waals surface area (Å²) in [5.74, 6) is 4.33. The fraction of sp³-hybridized carbons (Fsp3) is 0.727. The van der Waals surface area contributed by atoms with E-state index in [4.69, 9.17) is 0 Å². The van der Waals surface area contributed by atoms with Crippen LogP contribution < -0.4 is 20.1 Å². The maximum atomic E-state index is 12.6. The maximum absolute atomic E-state index is 12.6. The van der Waals surface area contributed by atoms with E-state index in [0.717, 1.165) is 50.5 Å². The van der Waals surface area contributed by atoms with Crippen LogP contribution in [0.3, 0.4) is 0 Å². The number of hydrogen-bond acceptors (Lipinski definition) is 2. The summed E-state index contributed by atoms with van der Waals surface area (Å²) in [6.07, 6.45) is 10.5. The molecule has 3 N–H and O–H groups in total. The third-order valence-electron chi connectivity index (χ3n) is 7.74. The largest absolute Gasteiger partial charge is 0.351 e. The van der Waals surface area contributed by atoms with Crippen molar-refractivity contribution in [1.82, 2.24) is 5.32 Å². The van der Waals surface area contributed by atoms with Gasteiger partial charge >= 0.3 is 0 Å². The summed E-state index contributed by atoms with van der Waals surface area (Å²) in [6.45, 7) is 5.67. The standard InChI is InChI=1S/C22H32N4O/c27-21(15-25-5-7-26(8-6-25)20-3-1-2-4-23-20)24-16-22-12-17-9-18(13-22)11-19(10-17)14-22/h1-4,17-19H,5-16H2,(H,24,27)/p+2. The van der Waals surface area contributed by atoms with Gasteiger partial charge in [-0.25, -0.2) is 4.98 Å². The highest BCUT2D eigenvalue weighted by Crippen LogP contribution is 2.59. The lowest BCUT2D eigenvalue weighted by atomic mass is 9.49. The molecule has 5 nitrogen and oxygen atoms in total. The highest BCUT2D eigenvalue weighted by Gasteiger charge is 2.50. The third-order valence-corrected chi connectivity index (χ3v) is 7.74. The second-order valence-corrected chi connectivity index (χ2v) is 9.86. The van der Waals surface area contributed by atoms with Gasteiger partial charge in [0.25, 0.3) is 11.7 Å². The summed E-state index contributed by atoms with van der Waals surface area (Å²) >= 11 is 0. The van der Waals surface area contributed by atoms with Crippen molar-refractivity contribution in [3.8, 4) is 0 Å². The van der Waals surface area contributed by atoms with Gasteiger partial charge in [-0.05, 0) is 67.8 Å². The average Bonchev–Trinajstić information content (AvgIpc) is 2.67. The Morgan fingerprint density at radius 3 is 2.37 bits per heavy atom. The van der Waals surface area contributed by atoms with Crippen LogP contribution in [0.1, 0.15) is 38.5 Å². The molecule has 0 unspecified atom stereocenters. The summed E-state index contributed by atoms with van der Waals surface area (Å²) in [6, 6.07) is 6.21. The second-order valence-electron chi connectivity index (χ2n) is 9.86. The van der Waals surface area contributed by atoms with Gasteiger partial charge in [0.2, 0.25) is 0 Å². The number of quaternary nitrogens is 1. The van der Waals surface area contributed by atoms with Crippen LogP contribution in [-0.2, 0) is 4.79 Å². The topological polar surface area (TPSA) is 50.9 Å². The Bertz CT molecular complexity index is 633. The molecule has 4 bridgehead atoms. The number of anilines is 1. The molecule has 4 aliphatic carbocycles. The Morgan fingerprint density at radius 2 is 1.78 bits per heavy atom. The van der Waals surface area contributed by atoms with Crippen LogP contribution in [-0.4, -0.2) is 45.2 Å². The van der Waals surface area contributed by atoms with Crippen molar-refractivity contribution in [3.05, 3.63) is 24.4 Å². The minimum absolute atomic E-state index is 0.264. The lowest BCUT2D eigenvalue weighted by Gasteiger charge is -2.56. The number of aromatic amines is 1. The van der Waals surface area contributed by atoms with Gasteiger partial charge in [0, 0.05) is 12.6 Å². The number of hydrogen-bond donors (Lipinski definition) is 2. The van der Waals surface area contributed by atoms with Crippen molar-refractivity contribution in [2.45, 2.75) is 38.5 Å². The normalized spacial score (nSPS) is 35.4. The number of H-pyrrole nitrogens is 1. The van der Waals surface area contributed by atoms with Crippen molar-refractivity contribution >= 4 is 11.7 Å². The maximum Gasteiger partial charge on any atom is 0.275 e. The van der Waals surface area contributed by atoms with Gasteiger partial charge in [0.1, 0.15) is 26.2 Å². The molecule has 0 radical (unpaired) electrons. The van der Waals surface area contributed by atoms with Gasteiger partial charge < -0.3 is 10.2 Å². The third kappa shape index (κ3) is 3.71. The van der Waals surface area contributed by atoms with E-state index >= 15 is 0 Å². The molecule has 5 heteroatoms. The van der Waals surface area contributed by atoms with E-state index in [1.807, 2.05) is 12.3 Å². The van der Waals surface area contributed by atoms with Crippen LogP contribution in [0, 0.1) is 23.2 Å². The van der Waals surface area contributed by atoms with E-state index in [9.17, 15) is 4.79 Å². The number of aromatic nitrogens is 1. The Kier molecular flexibility index (Phi) is 4.58. The summed E-state index contributed by atoms with van der Waals surface area (Å²) in [5.41, 5.74) is 0.446. The zero-order valence-corrected chi connectivity index (χ0v) is 16.4. The first-order valence-corrected chi connectivity index (χ1v) is 11.0. The van der Waals surface area contributed by atoms with Crippen molar-refractivity contribution in [3.63, 3.8) is 0 Å². The smallest absolute Gasteiger partial charge is 0.275 e. The number of rotatable bonds is 5. The number of nitrogens with zero attached hydrogens (tertiary/aromatic N) is 1. The summed E-state index contributed by atoms with van der Waals surface area (Å²) in [4.78, 5) is 19.7. The van der Waals surface area contributed by atoms with E-state index in [-0.39, 0.29) is 5.91 Å². The predicted molar refractivity (Wildman–Crippen MR) is 104 cm³/mol. The minimum atomic E-state index is 0.264. The number of carbonyl (C=O) groups is 1. The lowest BCUT2D eigenvalue weighted by Crippen LogP contribution is -3.16. The fourth-order valence-electron chi connectivity index (χ4n) is 6.90. The Labute approximate surface area is 162 Å². The Balaban J connectivity index is 1.08. The van der Waals surface area contributed by atoms with E-state index in [2.05, 4.69) is 27.3 Å². The van der Waals surface area contributed by atoms with Gasteiger partial charge in [0.05, 0.1) is 6.20 Å². The summed E-state index contributed by atoms with van der Waals surface area (Å²) < 4.78 is 0. The molecular formula is C22H34N4O+2. The lowest BCUT2D eigenvalue weighted by molar-refractivity contribution is -0.892. The van der Waals surface area contributed by atoms with Gasteiger partial charge in [-0.1, -0.05) is 6.07 Å². The molecule has 0 atom stereocenters. The van der Waals surface area contributed by atoms with Gasteiger partial charge in [-0.3, -0.25) is 9.69 Å². The fourth-order valence-corrected chi connectivity index (χ4v) is 6.90. The highest BCUT2D eigenvalue weighted by atomic mass is 16.2. The molecule has 1 aromatic rings. The first-order chi connectivity index (χ1) is 13.2. The zero-order valence-electron chi connectivity index (χ0n) is 16.4. The first kappa shape index (κ1) is 17.5. The van der Waals surface area contributed by atoms with Gasteiger partial charge in [0.15, 0.2) is 6.54 Å². The minimum Gasteiger partial charge on any atom is -0.351 e. The number of carbonyl (C=O) groups excluding carboxylic acids is 1. The molecule has 1 aliphatic heterocycles. The van der Waals surface area contributed by atoms with Crippen LogP contribution in [0.15, 0.2) is 24.4 Å². The molecular weight excluding hydrogens is 336 g/mol. The van der Waals surface area contributed by atoms with Crippen LogP contribution in [0.25, 0.3) is 0 Å². The molecule has 1 aromatic heterocycles. The predicted octanol–water partition coefficient (Wildman–Crippen LogP) is 0.538. The molecule has 5 aliphatic rings. The van der Waals surface area contributed by atoms with Crippen LogP contribution in [0.5, 0.6) is 0 Å². The number of piperazine rings is 1.